The molecule has 0 spiro atoms. The Morgan fingerprint density at radius 2 is 2.14 bits per heavy atom. The zero-order valence-corrected chi connectivity index (χ0v) is 16.8. The zero-order chi connectivity index (χ0) is 19.9. The van der Waals surface area contributed by atoms with Crippen LogP contribution >= 0.6 is 11.6 Å². The fourth-order valence-electron chi connectivity index (χ4n) is 3.66. The van der Waals surface area contributed by atoms with Gasteiger partial charge in [0.2, 0.25) is 0 Å². The summed E-state index contributed by atoms with van der Waals surface area (Å²) >= 11 is 6.10. The molecule has 0 saturated carbocycles. The first-order valence-corrected chi connectivity index (χ1v) is 9.91. The SMILES string of the molecule is COc1ccc(Cl)cc1C(=O)[C@@H]1CCCN(Cc2cccc(OCCO)c2)C1. The lowest BCUT2D eigenvalue weighted by Gasteiger charge is -2.32. The van der Waals surface area contributed by atoms with E-state index in [0.717, 1.165) is 37.2 Å². The second-order valence-electron chi connectivity index (χ2n) is 7.00. The van der Waals surface area contributed by atoms with Gasteiger partial charge in [-0.05, 0) is 55.3 Å². The number of carbonyl (C=O) groups excluding carboxylic acids is 1. The molecular weight excluding hydrogens is 378 g/mol. The van der Waals surface area contributed by atoms with Crippen LogP contribution in [0.3, 0.4) is 0 Å². The Morgan fingerprint density at radius 3 is 2.93 bits per heavy atom. The number of ether oxygens (including phenoxy) is 2. The molecule has 5 nitrogen and oxygen atoms in total. The number of nitrogens with zero attached hydrogens (tertiary/aromatic N) is 1. The number of benzene rings is 2. The predicted molar refractivity (Wildman–Crippen MR) is 109 cm³/mol. The van der Waals surface area contributed by atoms with Crippen LogP contribution in [0.2, 0.25) is 5.02 Å². The minimum atomic E-state index is -0.0741. The van der Waals surface area contributed by atoms with Gasteiger partial charge in [0.25, 0.3) is 0 Å². The Morgan fingerprint density at radius 1 is 1.29 bits per heavy atom. The second kappa shape index (κ2) is 9.92. The lowest BCUT2D eigenvalue weighted by molar-refractivity contribution is 0.0808. The van der Waals surface area contributed by atoms with Gasteiger partial charge in [0, 0.05) is 24.0 Å². The quantitative estimate of drug-likeness (QED) is 0.679. The van der Waals surface area contributed by atoms with Crippen molar-refractivity contribution in [2.45, 2.75) is 19.4 Å². The minimum absolute atomic E-state index is 0.00684. The van der Waals surface area contributed by atoms with Crippen LogP contribution in [0.1, 0.15) is 28.8 Å². The summed E-state index contributed by atoms with van der Waals surface area (Å²) in [6.07, 6.45) is 1.84. The number of methoxy groups -OCH3 is 1. The molecule has 1 fully saturated rings. The molecule has 1 aliphatic heterocycles. The van der Waals surface area contributed by atoms with Crippen molar-refractivity contribution in [3.63, 3.8) is 0 Å². The highest BCUT2D eigenvalue weighted by molar-refractivity contribution is 6.31. The number of rotatable bonds is 8. The molecule has 1 heterocycles. The summed E-state index contributed by atoms with van der Waals surface area (Å²) in [6, 6.07) is 13.0. The largest absolute Gasteiger partial charge is 0.496 e. The average molecular weight is 404 g/mol. The van der Waals surface area contributed by atoms with Crippen LogP contribution in [0.5, 0.6) is 11.5 Å². The number of ketones is 1. The molecule has 1 N–H and O–H groups in total. The minimum Gasteiger partial charge on any atom is -0.496 e. The van der Waals surface area contributed by atoms with E-state index in [-0.39, 0.29) is 24.9 Å². The van der Waals surface area contributed by atoms with Gasteiger partial charge >= 0.3 is 0 Å². The molecule has 0 unspecified atom stereocenters. The summed E-state index contributed by atoms with van der Waals surface area (Å²) in [6.45, 7) is 2.69. The summed E-state index contributed by atoms with van der Waals surface area (Å²) in [4.78, 5) is 15.4. The number of carbonyl (C=O) groups is 1. The highest BCUT2D eigenvalue weighted by Crippen LogP contribution is 2.29. The van der Waals surface area contributed by atoms with Gasteiger partial charge in [-0.25, -0.2) is 0 Å². The molecule has 1 saturated heterocycles. The molecule has 1 aliphatic rings. The van der Waals surface area contributed by atoms with E-state index in [9.17, 15) is 4.79 Å². The normalized spacial score (nSPS) is 17.3. The lowest BCUT2D eigenvalue weighted by Crippen LogP contribution is -2.38. The molecule has 28 heavy (non-hydrogen) atoms. The maximum Gasteiger partial charge on any atom is 0.170 e. The van der Waals surface area contributed by atoms with Crippen LogP contribution in [-0.2, 0) is 6.54 Å². The summed E-state index contributed by atoms with van der Waals surface area (Å²) in [5.41, 5.74) is 1.69. The molecule has 0 aromatic heterocycles. The van der Waals surface area contributed by atoms with E-state index in [4.69, 9.17) is 26.2 Å². The first kappa shape index (κ1) is 20.6. The van der Waals surface area contributed by atoms with Crippen molar-refractivity contribution in [2.75, 3.05) is 33.4 Å². The molecule has 3 rings (SSSR count). The van der Waals surface area contributed by atoms with Crippen LogP contribution in [0.25, 0.3) is 0 Å². The Balaban J connectivity index is 1.67. The van der Waals surface area contributed by atoms with Gasteiger partial charge in [0.05, 0.1) is 19.3 Å². The van der Waals surface area contributed by atoms with Crippen LogP contribution in [0.4, 0.5) is 0 Å². The number of Topliss-reactive ketones (excluding diaryl/α,β-unsaturated/α-hetero) is 1. The zero-order valence-electron chi connectivity index (χ0n) is 16.1. The molecule has 150 valence electrons. The molecule has 0 amide bonds. The second-order valence-corrected chi connectivity index (χ2v) is 7.44. The van der Waals surface area contributed by atoms with E-state index < -0.39 is 0 Å². The molecular formula is C22H26ClNO4. The predicted octanol–water partition coefficient (Wildman–Crippen LogP) is 3.81. The van der Waals surface area contributed by atoms with Crippen molar-refractivity contribution >= 4 is 17.4 Å². The van der Waals surface area contributed by atoms with Crippen LogP contribution < -0.4 is 9.47 Å². The van der Waals surface area contributed by atoms with Gasteiger partial charge in [0.15, 0.2) is 5.78 Å². The number of halogens is 1. The lowest BCUT2D eigenvalue weighted by atomic mass is 9.89. The van der Waals surface area contributed by atoms with Gasteiger partial charge in [-0.1, -0.05) is 23.7 Å². The fraction of sp³-hybridized carbons (Fsp3) is 0.409. The van der Waals surface area contributed by atoms with E-state index in [1.165, 1.54) is 0 Å². The number of aliphatic hydroxyl groups excluding tert-OH is 1. The Labute approximate surface area is 170 Å². The molecule has 0 aliphatic carbocycles. The third-order valence-electron chi connectivity index (χ3n) is 4.97. The van der Waals surface area contributed by atoms with Gasteiger partial charge < -0.3 is 14.6 Å². The standard InChI is InChI=1S/C22H26ClNO4/c1-27-21-8-7-18(23)13-20(21)22(26)17-5-3-9-24(15-17)14-16-4-2-6-19(12-16)28-11-10-25/h2,4,6-8,12-13,17,25H,3,5,9-11,14-15H2,1H3/t17-/m1/s1. The number of aliphatic hydroxyl groups is 1. The van der Waals surface area contributed by atoms with Crippen molar-refractivity contribution in [3.05, 3.63) is 58.6 Å². The first-order valence-electron chi connectivity index (χ1n) is 9.53. The van der Waals surface area contributed by atoms with Crippen LogP contribution in [0.15, 0.2) is 42.5 Å². The maximum atomic E-state index is 13.1. The average Bonchev–Trinajstić information content (AvgIpc) is 2.72. The van der Waals surface area contributed by atoms with Crippen molar-refractivity contribution in [3.8, 4) is 11.5 Å². The van der Waals surface area contributed by atoms with Crippen LogP contribution in [0, 0.1) is 5.92 Å². The van der Waals surface area contributed by atoms with E-state index >= 15 is 0 Å². The highest BCUT2D eigenvalue weighted by Gasteiger charge is 2.28. The van der Waals surface area contributed by atoms with Crippen LogP contribution in [-0.4, -0.2) is 49.2 Å². The van der Waals surface area contributed by atoms with Gasteiger partial charge in [-0.2, -0.15) is 0 Å². The first-order chi connectivity index (χ1) is 13.6. The van der Waals surface area contributed by atoms with Gasteiger partial charge in [0.1, 0.15) is 18.1 Å². The van der Waals surface area contributed by atoms with E-state index in [1.807, 2.05) is 18.2 Å². The molecule has 1 atom stereocenters. The number of piperidine rings is 1. The Hall–Kier alpha value is -2.08. The smallest absolute Gasteiger partial charge is 0.170 e. The topological polar surface area (TPSA) is 59.0 Å². The third-order valence-corrected chi connectivity index (χ3v) is 5.20. The maximum absolute atomic E-state index is 13.1. The Kier molecular flexibility index (Phi) is 7.31. The summed E-state index contributed by atoms with van der Waals surface area (Å²) < 4.78 is 10.8. The molecule has 6 heteroatoms. The Bertz CT molecular complexity index is 811. The highest BCUT2D eigenvalue weighted by atomic mass is 35.5. The van der Waals surface area contributed by atoms with Crippen molar-refractivity contribution in [1.82, 2.24) is 4.90 Å². The van der Waals surface area contributed by atoms with Gasteiger partial charge in [-0.3, -0.25) is 9.69 Å². The molecule has 2 aromatic rings. The van der Waals surface area contributed by atoms with Gasteiger partial charge in [-0.15, -0.1) is 0 Å². The summed E-state index contributed by atoms with van der Waals surface area (Å²) in [5.74, 6) is 1.33. The van der Waals surface area contributed by atoms with Crippen molar-refractivity contribution < 1.29 is 19.4 Å². The molecule has 0 bridgehead atoms. The van der Waals surface area contributed by atoms with Crippen molar-refractivity contribution in [2.24, 2.45) is 5.92 Å². The summed E-state index contributed by atoms with van der Waals surface area (Å²) in [7, 11) is 1.57. The number of hydrogen-bond donors (Lipinski definition) is 1. The molecule has 0 radical (unpaired) electrons. The third kappa shape index (κ3) is 5.25. The van der Waals surface area contributed by atoms with Crippen molar-refractivity contribution in [1.29, 1.82) is 0 Å². The number of likely N-dealkylation sites (tertiary alicyclic amines) is 1. The van der Waals surface area contributed by atoms with E-state index in [1.54, 1.807) is 25.3 Å². The fourth-order valence-corrected chi connectivity index (χ4v) is 3.83. The monoisotopic (exact) mass is 403 g/mol. The van der Waals surface area contributed by atoms with E-state index in [0.29, 0.717) is 22.9 Å². The number of hydrogen-bond acceptors (Lipinski definition) is 5. The van der Waals surface area contributed by atoms with E-state index in [2.05, 4.69) is 11.0 Å². The molecule has 2 aromatic carbocycles. The summed E-state index contributed by atoms with van der Waals surface area (Å²) in [5, 5.41) is 9.44.